The lowest BCUT2D eigenvalue weighted by molar-refractivity contribution is -0.258. The second-order valence-electron chi connectivity index (χ2n) is 3.61. The fourth-order valence-corrected chi connectivity index (χ4v) is 1.36. The average Bonchev–Trinajstić information content (AvgIpc) is 2.02. The standard InChI is InChI=1S/C9H12O5/c1-5(10)8(3)9(4,7(12)14-8)13-6(2)11/h1-4H3/t8-,9+/m0/s1. The molecule has 0 unspecified atom stereocenters. The summed E-state index contributed by atoms with van der Waals surface area (Å²) in [4.78, 5) is 33.1. The van der Waals surface area contributed by atoms with E-state index in [1.54, 1.807) is 0 Å². The molecule has 78 valence electrons. The largest absolute Gasteiger partial charge is 0.443 e. The number of hydrogen-bond donors (Lipinski definition) is 0. The van der Waals surface area contributed by atoms with E-state index < -0.39 is 23.1 Å². The zero-order valence-electron chi connectivity index (χ0n) is 8.54. The molecule has 0 aromatic heterocycles. The van der Waals surface area contributed by atoms with Crippen molar-refractivity contribution in [2.45, 2.75) is 38.9 Å². The first-order valence-corrected chi connectivity index (χ1v) is 4.18. The normalized spacial score (nSPS) is 35.6. The fourth-order valence-electron chi connectivity index (χ4n) is 1.36. The number of ketones is 1. The van der Waals surface area contributed by atoms with E-state index in [-0.39, 0.29) is 5.78 Å². The minimum absolute atomic E-state index is 0.346. The van der Waals surface area contributed by atoms with Crippen LogP contribution < -0.4 is 0 Å². The van der Waals surface area contributed by atoms with Crippen LogP contribution in [-0.4, -0.2) is 28.9 Å². The van der Waals surface area contributed by atoms with Crippen molar-refractivity contribution in [2.75, 3.05) is 0 Å². The van der Waals surface area contributed by atoms with Gasteiger partial charge in [0.15, 0.2) is 5.78 Å². The number of hydrogen-bond acceptors (Lipinski definition) is 5. The smallest absolute Gasteiger partial charge is 0.356 e. The van der Waals surface area contributed by atoms with E-state index in [9.17, 15) is 14.4 Å². The first-order chi connectivity index (χ1) is 6.24. The molecule has 14 heavy (non-hydrogen) atoms. The molecule has 1 saturated heterocycles. The second-order valence-corrected chi connectivity index (χ2v) is 3.61. The molecule has 0 radical (unpaired) electrons. The highest BCUT2D eigenvalue weighted by molar-refractivity contribution is 6.03. The quantitative estimate of drug-likeness (QED) is 0.596. The second kappa shape index (κ2) is 2.80. The number of rotatable bonds is 2. The number of ether oxygens (including phenoxy) is 2. The first-order valence-electron chi connectivity index (χ1n) is 4.18. The number of carbonyl (C=O) groups is 3. The molecule has 0 aliphatic carbocycles. The van der Waals surface area contributed by atoms with Gasteiger partial charge in [-0.3, -0.25) is 9.59 Å². The van der Waals surface area contributed by atoms with Gasteiger partial charge < -0.3 is 9.47 Å². The number of cyclic esters (lactones) is 1. The van der Waals surface area contributed by atoms with Crippen LogP contribution in [0.5, 0.6) is 0 Å². The highest BCUT2D eigenvalue weighted by Crippen LogP contribution is 2.41. The Morgan fingerprint density at radius 1 is 1.29 bits per heavy atom. The number of Topliss-reactive ketones (excluding diaryl/α,β-unsaturated/α-hetero) is 1. The van der Waals surface area contributed by atoms with Crippen molar-refractivity contribution in [2.24, 2.45) is 0 Å². The summed E-state index contributed by atoms with van der Waals surface area (Å²) < 4.78 is 9.57. The summed E-state index contributed by atoms with van der Waals surface area (Å²) in [5, 5.41) is 0. The van der Waals surface area contributed by atoms with Crippen molar-refractivity contribution < 1.29 is 23.9 Å². The van der Waals surface area contributed by atoms with Crippen molar-refractivity contribution in [3.63, 3.8) is 0 Å². The van der Waals surface area contributed by atoms with Gasteiger partial charge >= 0.3 is 11.9 Å². The van der Waals surface area contributed by atoms with Gasteiger partial charge in [0.1, 0.15) is 0 Å². The molecular weight excluding hydrogens is 188 g/mol. The maximum atomic E-state index is 11.2. The Morgan fingerprint density at radius 3 is 2.07 bits per heavy atom. The Hall–Kier alpha value is -1.39. The van der Waals surface area contributed by atoms with Crippen LogP contribution in [-0.2, 0) is 23.9 Å². The number of carbonyl (C=O) groups excluding carboxylic acids is 3. The van der Waals surface area contributed by atoms with E-state index in [4.69, 9.17) is 9.47 Å². The molecule has 0 aromatic carbocycles. The van der Waals surface area contributed by atoms with E-state index in [2.05, 4.69) is 0 Å². The predicted molar refractivity (Wildman–Crippen MR) is 45.3 cm³/mol. The highest BCUT2D eigenvalue weighted by Gasteiger charge is 2.69. The van der Waals surface area contributed by atoms with Crippen molar-refractivity contribution in [1.82, 2.24) is 0 Å². The maximum absolute atomic E-state index is 11.2. The molecule has 5 heteroatoms. The SMILES string of the molecule is CC(=O)O[C@]1(C)C(=O)O[C@@]1(C)C(C)=O. The molecule has 1 rings (SSSR count). The summed E-state index contributed by atoms with van der Waals surface area (Å²) in [6, 6.07) is 0. The van der Waals surface area contributed by atoms with Crippen LogP contribution in [0.1, 0.15) is 27.7 Å². The van der Waals surface area contributed by atoms with Gasteiger partial charge in [-0.2, -0.15) is 0 Å². The van der Waals surface area contributed by atoms with Crippen LogP contribution in [0.15, 0.2) is 0 Å². The van der Waals surface area contributed by atoms with E-state index in [1.165, 1.54) is 27.7 Å². The van der Waals surface area contributed by atoms with E-state index in [0.29, 0.717) is 0 Å². The minimum Gasteiger partial charge on any atom is -0.443 e. The zero-order chi connectivity index (χ0) is 11.1. The molecule has 0 saturated carbocycles. The Labute approximate surface area is 81.4 Å². The zero-order valence-corrected chi connectivity index (χ0v) is 8.54. The van der Waals surface area contributed by atoms with E-state index >= 15 is 0 Å². The first kappa shape index (κ1) is 10.7. The molecule has 0 aromatic rings. The maximum Gasteiger partial charge on any atom is 0.356 e. The van der Waals surface area contributed by atoms with Crippen LogP contribution >= 0.6 is 0 Å². The fraction of sp³-hybridized carbons (Fsp3) is 0.667. The Kier molecular flexibility index (Phi) is 2.14. The number of esters is 2. The van der Waals surface area contributed by atoms with Gasteiger partial charge in [0.05, 0.1) is 0 Å². The van der Waals surface area contributed by atoms with Crippen LogP contribution in [0.4, 0.5) is 0 Å². The summed E-state index contributed by atoms with van der Waals surface area (Å²) in [5.74, 6) is -1.65. The van der Waals surface area contributed by atoms with Gasteiger partial charge in [-0.25, -0.2) is 4.79 Å². The van der Waals surface area contributed by atoms with Gasteiger partial charge in [-0.15, -0.1) is 0 Å². The van der Waals surface area contributed by atoms with E-state index in [1.807, 2.05) is 0 Å². The van der Waals surface area contributed by atoms with Crippen LogP contribution in [0.25, 0.3) is 0 Å². The average molecular weight is 200 g/mol. The van der Waals surface area contributed by atoms with Crippen molar-refractivity contribution >= 4 is 17.7 Å². The van der Waals surface area contributed by atoms with Crippen molar-refractivity contribution in [3.8, 4) is 0 Å². The molecule has 1 aliphatic rings. The predicted octanol–water partition coefficient (Wildman–Crippen LogP) is 0.213. The lowest BCUT2D eigenvalue weighted by Gasteiger charge is -2.49. The molecule has 1 aliphatic heterocycles. The summed E-state index contributed by atoms with van der Waals surface area (Å²) in [7, 11) is 0. The van der Waals surface area contributed by atoms with Crippen LogP contribution in [0.3, 0.4) is 0 Å². The molecular formula is C9H12O5. The molecule has 2 atom stereocenters. The van der Waals surface area contributed by atoms with Crippen LogP contribution in [0.2, 0.25) is 0 Å². The summed E-state index contributed by atoms with van der Waals surface area (Å²) >= 11 is 0. The minimum atomic E-state index is -1.48. The Morgan fingerprint density at radius 2 is 1.79 bits per heavy atom. The molecule has 0 spiro atoms. The third-order valence-corrected chi connectivity index (χ3v) is 2.62. The topological polar surface area (TPSA) is 69.7 Å². The summed E-state index contributed by atoms with van der Waals surface area (Å²) in [6.07, 6.45) is 0. The van der Waals surface area contributed by atoms with Crippen molar-refractivity contribution in [1.29, 1.82) is 0 Å². The lowest BCUT2D eigenvalue weighted by atomic mass is 9.77. The molecule has 5 nitrogen and oxygen atoms in total. The summed E-state index contributed by atoms with van der Waals surface area (Å²) in [6.45, 7) is 5.27. The Bertz CT molecular complexity index is 321. The molecule has 0 amide bonds. The molecule has 1 heterocycles. The van der Waals surface area contributed by atoms with Gasteiger partial charge in [-0.1, -0.05) is 0 Å². The van der Waals surface area contributed by atoms with Crippen LogP contribution in [0, 0.1) is 0 Å². The summed E-state index contributed by atoms with van der Waals surface area (Å²) in [5.41, 5.74) is -2.83. The van der Waals surface area contributed by atoms with Gasteiger partial charge in [0, 0.05) is 6.92 Å². The molecule has 1 fully saturated rings. The molecule has 0 N–H and O–H groups in total. The van der Waals surface area contributed by atoms with Crippen molar-refractivity contribution in [3.05, 3.63) is 0 Å². The highest BCUT2D eigenvalue weighted by atomic mass is 16.7. The lowest BCUT2D eigenvalue weighted by Crippen LogP contribution is -2.73. The monoisotopic (exact) mass is 200 g/mol. The van der Waals surface area contributed by atoms with Gasteiger partial charge in [-0.05, 0) is 20.8 Å². The molecule has 0 bridgehead atoms. The Balaban J connectivity index is 3.00. The third-order valence-electron chi connectivity index (χ3n) is 2.62. The van der Waals surface area contributed by atoms with Gasteiger partial charge in [0.2, 0.25) is 5.60 Å². The third kappa shape index (κ3) is 1.12. The van der Waals surface area contributed by atoms with E-state index in [0.717, 1.165) is 0 Å². The van der Waals surface area contributed by atoms with Gasteiger partial charge in [0.25, 0.3) is 5.60 Å².